The Morgan fingerprint density at radius 2 is 1.94 bits per heavy atom. The van der Waals surface area contributed by atoms with Crippen molar-refractivity contribution in [1.29, 1.82) is 0 Å². The Balaban J connectivity index is 1.44. The summed E-state index contributed by atoms with van der Waals surface area (Å²) >= 11 is 6.38. The number of hydrogen-bond donors (Lipinski definition) is 0. The van der Waals surface area contributed by atoms with Crippen LogP contribution in [0.4, 0.5) is 22.0 Å². The maximum Gasteiger partial charge on any atom is 0.586 e. The van der Waals surface area contributed by atoms with Crippen LogP contribution < -0.4 is 14.2 Å². The SMILES string of the molecule is C[C@H](Oc1cncc(-n2nc(C(F)(F)F)c3c2[C@@H](Cl)CCC3)c1)c1ccc2c(c1)OC(F)(F)O2. The smallest absolute Gasteiger partial charge is 0.484 e. The van der Waals surface area contributed by atoms with Gasteiger partial charge in [0.15, 0.2) is 17.2 Å². The van der Waals surface area contributed by atoms with E-state index in [4.69, 9.17) is 16.3 Å². The van der Waals surface area contributed by atoms with Crippen molar-refractivity contribution in [3.63, 3.8) is 0 Å². The fourth-order valence-electron chi connectivity index (χ4n) is 4.13. The second kappa shape index (κ2) is 8.00. The van der Waals surface area contributed by atoms with E-state index >= 15 is 0 Å². The number of nitrogens with zero attached hydrogens (tertiary/aromatic N) is 3. The molecule has 6 nitrogen and oxygen atoms in total. The molecule has 3 aromatic rings. The van der Waals surface area contributed by atoms with Gasteiger partial charge < -0.3 is 14.2 Å². The number of ether oxygens (including phenoxy) is 3. The molecule has 1 aromatic carbocycles. The van der Waals surface area contributed by atoms with Gasteiger partial charge in [-0.05, 0) is 43.9 Å². The number of pyridine rings is 1. The zero-order valence-electron chi connectivity index (χ0n) is 17.6. The lowest BCUT2D eigenvalue weighted by Gasteiger charge is -2.20. The lowest BCUT2D eigenvalue weighted by Crippen LogP contribution is -2.25. The average Bonchev–Trinajstić information content (AvgIpc) is 3.30. The number of rotatable bonds is 4. The summed E-state index contributed by atoms with van der Waals surface area (Å²) < 4.78 is 83.2. The number of aromatic nitrogens is 3. The highest BCUT2D eigenvalue weighted by atomic mass is 35.5. The molecule has 2 atom stereocenters. The van der Waals surface area contributed by atoms with Gasteiger partial charge in [0.2, 0.25) is 0 Å². The van der Waals surface area contributed by atoms with Crippen molar-refractivity contribution in [2.45, 2.75) is 50.1 Å². The van der Waals surface area contributed by atoms with Crippen molar-refractivity contribution < 1.29 is 36.2 Å². The molecule has 0 fully saturated rings. The monoisotopic (exact) mass is 501 g/mol. The van der Waals surface area contributed by atoms with E-state index in [-0.39, 0.29) is 34.9 Å². The summed E-state index contributed by atoms with van der Waals surface area (Å²) in [5.41, 5.74) is 0.209. The van der Waals surface area contributed by atoms with Gasteiger partial charge >= 0.3 is 12.5 Å². The minimum absolute atomic E-state index is 0.0931. The standard InChI is InChI=1S/C22H17ClF5N3O3/c1-11(12-5-6-17-18(7-12)34-22(27,28)33-17)32-14-8-13(9-29-10-14)31-19-15(3-2-4-16(19)23)20(30-31)21(24,25)26/h5-11,16H,2-4H2,1H3/t11-,16-/m0/s1. The molecule has 0 amide bonds. The Kier molecular flexibility index (Phi) is 5.34. The largest absolute Gasteiger partial charge is 0.586 e. The molecule has 5 rings (SSSR count). The molecule has 0 N–H and O–H groups in total. The second-order valence-corrected chi connectivity index (χ2v) is 8.52. The third-order valence-corrected chi connectivity index (χ3v) is 6.05. The molecule has 34 heavy (non-hydrogen) atoms. The Morgan fingerprint density at radius 1 is 1.18 bits per heavy atom. The zero-order chi connectivity index (χ0) is 24.3. The summed E-state index contributed by atoms with van der Waals surface area (Å²) in [6, 6.07) is 5.75. The number of halogens is 6. The molecule has 2 aromatic heterocycles. The van der Waals surface area contributed by atoms with Crippen molar-refractivity contribution in [3.8, 4) is 22.9 Å². The first-order valence-corrected chi connectivity index (χ1v) is 10.8. The maximum atomic E-state index is 13.6. The minimum atomic E-state index is -4.62. The Labute approximate surface area is 195 Å². The normalized spacial score (nSPS) is 19.6. The Morgan fingerprint density at radius 3 is 2.71 bits per heavy atom. The van der Waals surface area contributed by atoms with Crippen molar-refractivity contribution in [3.05, 3.63) is 59.2 Å². The first-order valence-electron chi connectivity index (χ1n) is 10.4. The minimum Gasteiger partial charge on any atom is -0.484 e. The summed E-state index contributed by atoms with van der Waals surface area (Å²) in [6.07, 6.45) is -4.92. The number of alkyl halides is 6. The van der Waals surface area contributed by atoms with E-state index in [1.165, 1.54) is 35.3 Å². The molecule has 0 bridgehead atoms. The fraction of sp³-hybridized carbons (Fsp3) is 0.364. The van der Waals surface area contributed by atoms with Crippen LogP contribution in [0, 0.1) is 0 Å². The van der Waals surface area contributed by atoms with E-state index in [9.17, 15) is 22.0 Å². The lowest BCUT2D eigenvalue weighted by molar-refractivity contribution is -0.286. The van der Waals surface area contributed by atoms with Crippen molar-refractivity contribution in [2.24, 2.45) is 0 Å². The predicted molar refractivity (Wildman–Crippen MR) is 110 cm³/mol. The van der Waals surface area contributed by atoms with Crippen LogP contribution in [0.15, 0.2) is 36.7 Å². The predicted octanol–water partition coefficient (Wildman–Crippen LogP) is 6.36. The summed E-state index contributed by atoms with van der Waals surface area (Å²) in [5.74, 6) is 0.0257. The van der Waals surface area contributed by atoms with Crippen LogP contribution in [0.1, 0.15) is 53.8 Å². The highest BCUT2D eigenvalue weighted by molar-refractivity contribution is 6.20. The Hall–Kier alpha value is -3.08. The van der Waals surface area contributed by atoms with Gasteiger partial charge in [-0.15, -0.1) is 20.4 Å². The lowest BCUT2D eigenvalue weighted by atomic mass is 9.95. The summed E-state index contributed by atoms with van der Waals surface area (Å²) in [4.78, 5) is 4.08. The van der Waals surface area contributed by atoms with Crippen molar-refractivity contribution in [1.82, 2.24) is 14.8 Å². The summed E-state index contributed by atoms with van der Waals surface area (Å²) in [6.45, 7) is 1.68. The van der Waals surface area contributed by atoms with E-state index in [0.29, 0.717) is 24.1 Å². The van der Waals surface area contributed by atoms with Gasteiger partial charge in [0, 0.05) is 11.6 Å². The molecule has 0 unspecified atom stereocenters. The number of fused-ring (bicyclic) bond motifs is 2. The molecule has 1 aliphatic carbocycles. The van der Waals surface area contributed by atoms with Gasteiger partial charge in [0.1, 0.15) is 11.9 Å². The average molecular weight is 502 g/mol. The van der Waals surface area contributed by atoms with E-state index in [0.717, 1.165) is 0 Å². The van der Waals surface area contributed by atoms with Crippen LogP contribution in [-0.4, -0.2) is 21.1 Å². The summed E-state index contributed by atoms with van der Waals surface area (Å²) in [5, 5.41) is 3.20. The molecule has 0 saturated heterocycles. The van der Waals surface area contributed by atoms with Gasteiger partial charge in [-0.2, -0.15) is 18.3 Å². The van der Waals surface area contributed by atoms with Crippen LogP contribution in [0.25, 0.3) is 5.69 Å². The van der Waals surface area contributed by atoms with E-state index in [1.807, 2.05) is 0 Å². The van der Waals surface area contributed by atoms with E-state index in [1.54, 1.807) is 13.0 Å². The van der Waals surface area contributed by atoms with Crippen LogP contribution in [0.5, 0.6) is 17.2 Å². The quantitative estimate of drug-likeness (QED) is 0.307. The van der Waals surface area contributed by atoms with Gasteiger partial charge in [0.25, 0.3) is 0 Å². The first-order chi connectivity index (χ1) is 16.0. The molecule has 3 heterocycles. The summed E-state index contributed by atoms with van der Waals surface area (Å²) in [7, 11) is 0. The maximum absolute atomic E-state index is 13.6. The van der Waals surface area contributed by atoms with Crippen LogP contribution >= 0.6 is 11.6 Å². The van der Waals surface area contributed by atoms with Gasteiger partial charge in [-0.1, -0.05) is 6.07 Å². The highest BCUT2D eigenvalue weighted by Gasteiger charge is 2.44. The second-order valence-electron chi connectivity index (χ2n) is 7.99. The van der Waals surface area contributed by atoms with Crippen molar-refractivity contribution in [2.75, 3.05) is 0 Å². The van der Waals surface area contributed by atoms with Gasteiger partial charge in [-0.3, -0.25) is 4.98 Å². The topological polar surface area (TPSA) is 58.4 Å². The third kappa shape index (κ3) is 4.13. The van der Waals surface area contributed by atoms with Crippen molar-refractivity contribution >= 4 is 11.6 Å². The molecule has 0 radical (unpaired) electrons. The molecular weight excluding hydrogens is 485 g/mol. The fourth-order valence-corrected chi connectivity index (χ4v) is 4.51. The third-order valence-electron chi connectivity index (χ3n) is 5.62. The highest BCUT2D eigenvalue weighted by Crippen LogP contribution is 2.44. The zero-order valence-corrected chi connectivity index (χ0v) is 18.3. The number of benzene rings is 1. The van der Waals surface area contributed by atoms with Gasteiger partial charge in [0.05, 0.1) is 29.2 Å². The van der Waals surface area contributed by atoms with E-state index < -0.39 is 29.6 Å². The molecule has 2 aliphatic rings. The van der Waals surface area contributed by atoms with Crippen LogP contribution in [0.3, 0.4) is 0 Å². The van der Waals surface area contributed by atoms with Crippen LogP contribution in [-0.2, 0) is 12.6 Å². The molecule has 0 spiro atoms. The first kappa shape index (κ1) is 22.7. The molecule has 12 heteroatoms. The molecule has 1 aliphatic heterocycles. The van der Waals surface area contributed by atoms with Crippen LogP contribution in [0.2, 0.25) is 0 Å². The van der Waals surface area contributed by atoms with E-state index in [2.05, 4.69) is 19.6 Å². The molecule has 180 valence electrons. The molecule has 0 saturated carbocycles. The molecular formula is C22H17ClF5N3O3. The Bertz CT molecular complexity index is 1250. The number of hydrogen-bond acceptors (Lipinski definition) is 5. The van der Waals surface area contributed by atoms with Gasteiger partial charge in [-0.25, -0.2) is 4.68 Å².